The molecule has 0 saturated heterocycles. The normalized spacial score (nSPS) is 10.7. The molecule has 1 heterocycles. The molecule has 0 unspecified atom stereocenters. The molecule has 0 radical (unpaired) electrons. The Kier molecular flexibility index (Phi) is 5.62. The number of benzene rings is 1. The molecule has 22 heavy (non-hydrogen) atoms. The van der Waals surface area contributed by atoms with Gasteiger partial charge in [0.1, 0.15) is 17.3 Å². The fourth-order valence-corrected chi connectivity index (χ4v) is 2.19. The highest BCUT2D eigenvalue weighted by molar-refractivity contribution is 9.13. The Morgan fingerprint density at radius 1 is 1.18 bits per heavy atom. The molecule has 0 fully saturated rings. The van der Waals surface area contributed by atoms with Gasteiger partial charge in [-0.15, -0.1) is 0 Å². The quantitative estimate of drug-likeness (QED) is 0.580. The summed E-state index contributed by atoms with van der Waals surface area (Å²) < 4.78 is 16.8. The zero-order valence-electron chi connectivity index (χ0n) is 11.7. The number of ether oxygens (including phenoxy) is 2. The van der Waals surface area contributed by atoms with Crippen molar-refractivity contribution in [3.63, 3.8) is 0 Å². The molecule has 0 aliphatic heterocycles. The predicted octanol–water partition coefficient (Wildman–Crippen LogP) is 3.59. The minimum Gasteiger partial charge on any atom is -0.497 e. The molecular weight excluding hydrogens is 420 g/mol. The second-order valence-electron chi connectivity index (χ2n) is 4.07. The fourth-order valence-electron chi connectivity index (χ4n) is 1.58. The summed E-state index contributed by atoms with van der Waals surface area (Å²) in [5.74, 6) is 1.14. The van der Waals surface area contributed by atoms with Gasteiger partial charge in [0, 0.05) is 17.7 Å². The molecule has 0 saturated carbocycles. The van der Waals surface area contributed by atoms with E-state index in [1.807, 2.05) is 0 Å². The highest BCUT2D eigenvalue weighted by Crippen LogP contribution is 2.26. The maximum Gasteiger partial charge on any atom is 0.271 e. The molecule has 116 valence electrons. The Hall–Kier alpha value is -1.80. The number of halogens is 2. The number of rotatable bonds is 5. The van der Waals surface area contributed by atoms with Crippen LogP contribution in [0.2, 0.25) is 0 Å². The predicted molar refractivity (Wildman–Crippen MR) is 88.7 cm³/mol. The summed E-state index contributed by atoms with van der Waals surface area (Å²) in [4.78, 5) is 12.1. The lowest BCUT2D eigenvalue weighted by Crippen LogP contribution is -2.17. The first-order chi connectivity index (χ1) is 10.5. The number of nitrogens with zero attached hydrogens (tertiary/aromatic N) is 1. The minimum atomic E-state index is -0.391. The largest absolute Gasteiger partial charge is 0.497 e. The highest BCUT2D eigenvalue weighted by atomic mass is 79.9. The molecule has 2 rings (SSSR count). The van der Waals surface area contributed by atoms with E-state index in [2.05, 4.69) is 42.4 Å². The first-order valence-corrected chi connectivity index (χ1v) is 7.63. The van der Waals surface area contributed by atoms with Gasteiger partial charge in [0.15, 0.2) is 4.67 Å². The van der Waals surface area contributed by atoms with Gasteiger partial charge in [-0.1, -0.05) is 0 Å². The van der Waals surface area contributed by atoms with Crippen molar-refractivity contribution in [2.75, 3.05) is 14.2 Å². The Morgan fingerprint density at radius 2 is 1.82 bits per heavy atom. The van der Waals surface area contributed by atoms with Gasteiger partial charge in [-0.25, -0.2) is 5.43 Å². The number of methoxy groups -OCH3 is 2. The SMILES string of the molecule is COc1cc(OC)cc(C(=O)N/N=C\c2cc(Br)c(Br)o2)c1. The van der Waals surface area contributed by atoms with E-state index >= 15 is 0 Å². The van der Waals surface area contributed by atoms with Gasteiger partial charge < -0.3 is 13.9 Å². The van der Waals surface area contributed by atoms with Crippen LogP contribution in [0, 0.1) is 0 Å². The van der Waals surface area contributed by atoms with Crippen LogP contribution < -0.4 is 14.9 Å². The lowest BCUT2D eigenvalue weighted by Gasteiger charge is -2.07. The van der Waals surface area contributed by atoms with Crippen LogP contribution in [0.1, 0.15) is 16.1 Å². The van der Waals surface area contributed by atoms with Gasteiger partial charge in [-0.05, 0) is 44.0 Å². The Bertz CT molecular complexity index is 671. The van der Waals surface area contributed by atoms with Crippen LogP contribution in [0.3, 0.4) is 0 Å². The second kappa shape index (κ2) is 7.46. The number of hydrogen-bond donors (Lipinski definition) is 1. The van der Waals surface area contributed by atoms with Crippen molar-refractivity contribution >= 4 is 44.0 Å². The Balaban J connectivity index is 2.08. The topological polar surface area (TPSA) is 73.1 Å². The van der Waals surface area contributed by atoms with E-state index in [9.17, 15) is 4.79 Å². The summed E-state index contributed by atoms with van der Waals surface area (Å²) in [6, 6.07) is 6.58. The van der Waals surface area contributed by atoms with Crippen molar-refractivity contribution in [3.05, 3.63) is 44.7 Å². The molecule has 1 aromatic heterocycles. The van der Waals surface area contributed by atoms with Crippen LogP contribution >= 0.6 is 31.9 Å². The van der Waals surface area contributed by atoms with Gasteiger partial charge in [-0.2, -0.15) is 5.10 Å². The van der Waals surface area contributed by atoms with Crippen molar-refractivity contribution < 1.29 is 18.7 Å². The summed E-state index contributed by atoms with van der Waals surface area (Å²) in [5.41, 5.74) is 2.78. The molecule has 0 spiro atoms. The number of carbonyl (C=O) groups excluding carboxylic acids is 1. The van der Waals surface area contributed by atoms with Crippen LogP contribution in [-0.4, -0.2) is 26.3 Å². The molecule has 1 N–H and O–H groups in total. The molecule has 1 amide bonds. The van der Waals surface area contributed by atoms with E-state index in [0.717, 1.165) is 4.47 Å². The molecule has 0 aliphatic carbocycles. The number of furan rings is 1. The molecule has 0 atom stereocenters. The number of hydrazone groups is 1. The third-order valence-corrected chi connectivity index (χ3v) is 4.35. The Morgan fingerprint density at radius 3 is 2.32 bits per heavy atom. The summed E-state index contributed by atoms with van der Waals surface area (Å²) >= 11 is 6.50. The summed E-state index contributed by atoms with van der Waals surface area (Å²) in [6.07, 6.45) is 1.39. The van der Waals surface area contributed by atoms with E-state index in [1.165, 1.54) is 20.4 Å². The standard InChI is InChI=1S/C14H12Br2N2O4/c1-20-9-3-8(4-10(5-9)21-2)14(19)18-17-7-11-6-12(15)13(16)22-11/h3-7H,1-2H3,(H,18,19)/b17-7-. The van der Waals surface area contributed by atoms with Crippen molar-refractivity contribution in [2.24, 2.45) is 5.10 Å². The fraction of sp³-hybridized carbons (Fsp3) is 0.143. The third kappa shape index (κ3) is 4.11. The van der Waals surface area contributed by atoms with Crippen LogP contribution in [0.25, 0.3) is 0 Å². The number of carbonyl (C=O) groups is 1. The molecular formula is C14H12Br2N2O4. The van der Waals surface area contributed by atoms with Gasteiger partial charge >= 0.3 is 0 Å². The average Bonchev–Trinajstić information content (AvgIpc) is 2.84. The van der Waals surface area contributed by atoms with E-state index in [1.54, 1.807) is 24.3 Å². The zero-order valence-corrected chi connectivity index (χ0v) is 14.9. The maximum absolute atomic E-state index is 12.1. The summed E-state index contributed by atoms with van der Waals surface area (Å²) in [6.45, 7) is 0. The minimum absolute atomic E-state index is 0.371. The van der Waals surface area contributed by atoms with Gasteiger partial charge in [0.05, 0.1) is 24.9 Å². The lowest BCUT2D eigenvalue weighted by atomic mass is 10.2. The molecule has 2 aromatic rings. The monoisotopic (exact) mass is 430 g/mol. The van der Waals surface area contributed by atoms with Crippen LogP contribution in [0.4, 0.5) is 0 Å². The smallest absolute Gasteiger partial charge is 0.271 e. The summed E-state index contributed by atoms with van der Waals surface area (Å²) in [5, 5.41) is 3.84. The van der Waals surface area contributed by atoms with Crippen molar-refractivity contribution in [1.29, 1.82) is 0 Å². The van der Waals surface area contributed by atoms with Crippen molar-refractivity contribution in [2.45, 2.75) is 0 Å². The second-order valence-corrected chi connectivity index (χ2v) is 5.65. The van der Waals surface area contributed by atoms with E-state index in [4.69, 9.17) is 13.9 Å². The van der Waals surface area contributed by atoms with Crippen molar-refractivity contribution in [3.8, 4) is 11.5 Å². The zero-order chi connectivity index (χ0) is 16.1. The van der Waals surface area contributed by atoms with Gasteiger partial charge in [0.25, 0.3) is 5.91 Å². The first kappa shape index (κ1) is 16.6. The van der Waals surface area contributed by atoms with E-state index in [0.29, 0.717) is 27.5 Å². The van der Waals surface area contributed by atoms with Gasteiger partial charge in [-0.3, -0.25) is 4.79 Å². The number of hydrogen-bond acceptors (Lipinski definition) is 5. The first-order valence-electron chi connectivity index (χ1n) is 6.04. The molecule has 0 bridgehead atoms. The van der Waals surface area contributed by atoms with Crippen LogP contribution in [0.15, 0.2) is 42.9 Å². The number of amides is 1. The molecule has 8 heteroatoms. The van der Waals surface area contributed by atoms with Crippen molar-refractivity contribution in [1.82, 2.24) is 5.43 Å². The van der Waals surface area contributed by atoms with Gasteiger partial charge in [0.2, 0.25) is 0 Å². The highest BCUT2D eigenvalue weighted by Gasteiger charge is 2.09. The number of nitrogens with one attached hydrogen (secondary N) is 1. The third-order valence-electron chi connectivity index (χ3n) is 2.64. The van der Waals surface area contributed by atoms with E-state index < -0.39 is 5.91 Å². The Labute approximate surface area is 143 Å². The van der Waals surface area contributed by atoms with Crippen LogP contribution in [0.5, 0.6) is 11.5 Å². The van der Waals surface area contributed by atoms with Crippen LogP contribution in [-0.2, 0) is 0 Å². The molecule has 1 aromatic carbocycles. The van der Waals surface area contributed by atoms with E-state index in [-0.39, 0.29) is 0 Å². The maximum atomic E-state index is 12.1. The molecule has 6 nitrogen and oxygen atoms in total. The average molecular weight is 432 g/mol. The molecule has 0 aliphatic rings. The lowest BCUT2D eigenvalue weighted by molar-refractivity contribution is 0.0954. The summed E-state index contributed by atoms with van der Waals surface area (Å²) in [7, 11) is 3.03.